The third kappa shape index (κ3) is 1.03. The van der Waals surface area contributed by atoms with Gasteiger partial charge in [-0.05, 0) is 18.2 Å². The highest BCUT2D eigenvalue weighted by molar-refractivity contribution is 5.75. The summed E-state index contributed by atoms with van der Waals surface area (Å²) in [6.07, 6.45) is 0. The minimum Gasteiger partial charge on any atom is -0.384 e. The quantitative estimate of drug-likeness (QED) is 0.591. The number of hydrogen-bond acceptors (Lipinski definition) is 3. The van der Waals surface area contributed by atoms with E-state index in [-0.39, 0.29) is 5.56 Å². The van der Waals surface area contributed by atoms with Crippen molar-refractivity contribution in [2.45, 2.75) is 0 Å². The fourth-order valence-corrected chi connectivity index (χ4v) is 1.04. The van der Waals surface area contributed by atoms with Gasteiger partial charge in [0.05, 0.1) is 0 Å². The number of aromatic nitrogens is 2. The van der Waals surface area contributed by atoms with Crippen LogP contribution in [0.2, 0.25) is 0 Å². The molecule has 0 atom stereocenters. The second-order valence-electron chi connectivity index (χ2n) is 2.50. The summed E-state index contributed by atoms with van der Waals surface area (Å²) in [5, 5.41) is 0.879. The van der Waals surface area contributed by atoms with E-state index in [4.69, 9.17) is 5.73 Å². The fraction of sp³-hybridized carbons (Fsp3) is 0. The Morgan fingerprint density at radius 1 is 1.25 bits per heavy atom. The van der Waals surface area contributed by atoms with Gasteiger partial charge in [-0.3, -0.25) is 4.79 Å². The number of pyridine rings is 2. The van der Waals surface area contributed by atoms with Crippen LogP contribution in [0, 0.1) is 0 Å². The van der Waals surface area contributed by atoms with Crippen molar-refractivity contribution in [3.8, 4) is 0 Å². The number of H-pyrrole nitrogens is 1. The Balaban J connectivity index is 2.89. The number of rotatable bonds is 0. The van der Waals surface area contributed by atoms with E-state index in [1.165, 1.54) is 6.07 Å². The monoisotopic (exact) mass is 161 g/mol. The number of hydrogen-bond donors (Lipinski definition) is 2. The van der Waals surface area contributed by atoms with Crippen LogP contribution < -0.4 is 11.3 Å². The van der Waals surface area contributed by atoms with E-state index in [2.05, 4.69) is 9.97 Å². The number of anilines is 1. The SMILES string of the molecule is Nc1ccc2ccc(=O)[nH]c2n1. The zero-order valence-electron chi connectivity index (χ0n) is 6.24. The molecule has 4 heteroatoms. The number of fused-ring (bicyclic) bond motifs is 1. The standard InChI is InChI=1S/C8H7N3O/c9-6-3-1-5-2-4-7(12)11-8(5)10-6/h1-4H,(H3,9,10,11,12). The van der Waals surface area contributed by atoms with Gasteiger partial charge in [-0.15, -0.1) is 0 Å². The molecule has 0 aliphatic carbocycles. The minimum absolute atomic E-state index is 0.166. The first kappa shape index (κ1) is 6.84. The molecule has 3 N–H and O–H groups in total. The molecule has 0 aliphatic rings. The van der Waals surface area contributed by atoms with Gasteiger partial charge in [-0.2, -0.15) is 0 Å². The Kier molecular flexibility index (Phi) is 1.33. The largest absolute Gasteiger partial charge is 0.384 e. The van der Waals surface area contributed by atoms with Gasteiger partial charge in [0, 0.05) is 11.5 Å². The second kappa shape index (κ2) is 2.34. The third-order valence-electron chi connectivity index (χ3n) is 1.60. The highest BCUT2D eigenvalue weighted by Gasteiger charge is 1.94. The molecule has 0 fully saturated rings. The molecule has 0 spiro atoms. The van der Waals surface area contributed by atoms with Gasteiger partial charge in [-0.1, -0.05) is 0 Å². The maximum atomic E-state index is 10.9. The molecule has 2 aromatic rings. The van der Waals surface area contributed by atoms with Gasteiger partial charge in [0.15, 0.2) is 0 Å². The number of nitrogen functional groups attached to an aromatic ring is 1. The Hall–Kier alpha value is -1.84. The molecule has 0 bridgehead atoms. The molecule has 2 aromatic heterocycles. The van der Waals surface area contributed by atoms with Crippen molar-refractivity contribution in [1.29, 1.82) is 0 Å². The maximum Gasteiger partial charge on any atom is 0.249 e. The van der Waals surface area contributed by atoms with Crippen molar-refractivity contribution in [2.75, 3.05) is 5.73 Å². The van der Waals surface area contributed by atoms with Crippen LogP contribution in [0.1, 0.15) is 0 Å². The van der Waals surface area contributed by atoms with Gasteiger partial charge in [-0.25, -0.2) is 4.98 Å². The van der Waals surface area contributed by atoms with Gasteiger partial charge < -0.3 is 10.7 Å². The van der Waals surface area contributed by atoms with Crippen LogP contribution in [0.4, 0.5) is 5.82 Å². The molecule has 0 saturated heterocycles. The van der Waals surface area contributed by atoms with Crippen LogP contribution in [-0.4, -0.2) is 9.97 Å². The molecule has 12 heavy (non-hydrogen) atoms. The summed E-state index contributed by atoms with van der Waals surface area (Å²) < 4.78 is 0. The Bertz CT molecular complexity index is 475. The molecule has 0 amide bonds. The van der Waals surface area contributed by atoms with Crippen LogP contribution in [0.5, 0.6) is 0 Å². The lowest BCUT2D eigenvalue weighted by Crippen LogP contribution is -2.04. The molecular weight excluding hydrogens is 154 g/mol. The number of nitrogens with two attached hydrogens (primary N) is 1. The fourth-order valence-electron chi connectivity index (χ4n) is 1.04. The zero-order valence-corrected chi connectivity index (χ0v) is 6.24. The Morgan fingerprint density at radius 2 is 2.00 bits per heavy atom. The smallest absolute Gasteiger partial charge is 0.249 e. The molecule has 60 valence electrons. The average Bonchev–Trinajstić information content (AvgIpc) is 2.03. The number of nitrogens with one attached hydrogen (secondary N) is 1. The summed E-state index contributed by atoms with van der Waals surface area (Å²) in [4.78, 5) is 17.4. The Morgan fingerprint density at radius 3 is 2.83 bits per heavy atom. The van der Waals surface area contributed by atoms with Crippen molar-refractivity contribution in [3.05, 3.63) is 34.6 Å². The lowest BCUT2D eigenvalue weighted by atomic mass is 10.3. The van der Waals surface area contributed by atoms with E-state index in [1.807, 2.05) is 6.07 Å². The molecule has 2 heterocycles. The van der Waals surface area contributed by atoms with E-state index in [0.717, 1.165) is 5.39 Å². The molecule has 0 saturated carbocycles. The van der Waals surface area contributed by atoms with Gasteiger partial charge in [0.25, 0.3) is 0 Å². The normalized spacial score (nSPS) is 10.3. The van der Waals surface area contributed by atoms with Crippen LogP contribution in [0.3, 0.4) is 0 Å². The summed E-state index contributed by atoms with van der Waals surface area (Å²) in [6.45, 7) is 0. The average molecular weight is 161 g/mol. The van der Waals surface area contributed by atoms with E-state index in [0.29, 0.717) is 11.5 Å². The summed E-state index contributed by atoms with van der Waals surface area (Å²) in [5.74, 6) is 0.407. The van der Waals surface area contributed by atoms with Gasteiger partial charge >= 0.3 is 0 Å². The zero-order chi connectivity index (χ0) is 8.55. The first-order chi connectivity index (χ1) is 5.75. The molecular formula is C8H7N3O. The molecule has 0 aliphatic heterocycles. The highest BCUT2D eigenvalue weighted by atomic mass is 16.1. The van der Waals surface area contributed by atoms with Crippen LogP contribution in [-0.2, 0) is 0 Å². The van der Waals surface area contributed by atoms with Crippen molar-refractivity contribution in [2.24, 2.45) is 0 Å². The topological polar surface area (TPSA) is 71.8 Å². The van der Waals surface area contributed by atoms with Crippen LogP contribution in [0.15, 0.2) is 29.1 Å². The van der Waals surface area contributed by atoms with Gasteiger partial charge in [0.2, 0.25) is 5.56 Å². The van der Waals surface area contributed by atoms with E-state index < -0.39 is 0 Å². The molecule has 0 radical (unpaired) electrons. The lowest BCUT2D eigenvalue weighted by molar-refractivity contribution is 1.24. The van der Waals surface area contributed by atoms with Crippen molar-refractivity contribution in [3.63, 3.8) is 0 Å². The maximum absolute atomic E-state index is 10.9. The lowest BCUT2D eigenvalue weighted by Gasteiger charge is -1.96. The first-order valence-corrected chi connectivity index (χ1v) is 3.51. The third-order valence-corrected chi connectivity index (χ3v) is 1.60. The van der Waals surface area contributed by atoms with E-state index >= 15 is 0 Å². The Labute approximate surface area is 68.1 Å². The highest BCUT2D eigenvalue weighted by Crippen LogP contribution is 2.07. The summed E-state index contributed by atoms with van der Waals surface area (Å²) in [6, 6.07) is 6.68. The van der Waals surface area contributed by atoms with Crippen LogP contribution in [0.25, 0.3) is 11.0 Å². The predicted octanol–water partition coefficient (Wildman–Crippen LogP) is 0.505. The van der Waals surface area contributed by atoms with Crippen LogP contribution >= 0.6 is 0 Å². The van der Waals surface area contributed by atoms with Crippen molar-refractivity contribution >= 4 is 16.9 Å². The summed E-state index contributed by atoms with van der Waals surface area (Å²) in [5.41, 5.74) is 5.80. The molecule has 0 aromatic carbocycles. The van der Waals surface area contributed by atoms with Crippen molar-refractivity contribution < 1.29 is 0 Å². The minimum atomic E-state index is -0.166. The summed E-state index contributed by atoms with van der Waals surface area (Å²) >= 11 is 0. The molecule has 4 nitrogen and oxygen atoms in total. The number of aromatic amines is 1. The number of nitrogens with zero attached hydrogens (tertiary/aromatic N) is 1. The first-order valence-electron chi connectivity index (χ1n) is 3.51. The molecule has 2 rings (SSSR count). The van der Waals surface area contributed by atoms with E-state index in [9.17, 15) is 4.79 Å². The van der Waals surface area contributed by atoms with E-state index in [1.54, 1.807) is 12.1 Å². The molecule has 0 unspecified atom stereocenters. The van der Waals surface area contributed by atoms with Crippen molar-refractivity contribution in [1.82, 2.24) is 9.97 Å². The second-order valence-corrected chi connectivity index (χ2v) is 2.50. The van der Waals surface area contributed by atoms with Gasteiger partial charge in [0.1, 0.15) is 11.5 Å². The predicted molar refractivity (Wildman–Crippen MR) is 46.8 cm³/mol. The summed E-state index contributed by atoms with van der Waals surface area (Å²) in [7, 11) is 0.